The average Bonchev–Trinajstić information content (AvgIpc) is 2.35. The maximum absolute atomic E-state index is 10.9. The van der Waals surface area contributed by atoms with Gasteiger partial charge in [0.2, 0.25) is 0 Å². The lowest BCUT2D eigenvalue weighted by molar-refractivity contribution is -0.142. The largest absolute Gasteiger partial charge is 0.465 e. The van der Waals surface area contributed by atoms with Crippen LogP contribution >= 0.6 is 11.8 Å². The minimum Gasteiger partial charge on any atom is -0.465 e. The Hall–Kier alpha value is -1.22. The summed E-state index contributed by atoms with van der Waals surface area (Å²) in [6.07, 6.45) is 3.08. The van der Waals surface area contributed by atoms with Crippen LogP contribution in [-0.2, 0) is 9.53 Å². The van der Waals surface area contributed by atoms with Gasteiger partial charge >= 0.3 is 5.97 Å². The predicted molar refractivity (Wildman–Crippen MR) is 74.8 cm³/mol. The van der Waals surface area contributed by atoms with Crippen LogP contribution in [0.3, 0.4) is 0 Å². The van der Waals surface area contributed by atoms with Crippen molar-refractivity contribution in [1.29, 1.82) is 0 Å². The Morgan fingerprint density at radius 3 is 2.94 bits per heavy atom. The van der Waals surface area contributed by atoms with Crippen LogP contribution < -0.4 is 0 Å². The number of ether oxygens (including phenoxy) is 1. The minimum absolute atomic E-state index is 0.216. The maximum atomic E-state index is 10.9. The summed E-state index contributed by atoms with van der Waals surface area (Å²) < 4.78 is 5.12. The molecule has 3 heteroatoms. The van der Waals surface area contributed by atoms with Gasteiger partial charge in [-0.1, -0.05) is 24.3 Å². The van der Waals surface area contributed by atoms with Gasteiger partial charge in [0.15, 0.2) is 0 Å². The average molecular weight is 262 g/mol. The van der Waals surface area contributed by atoms with Crippen molar-refractivity contribution in [2.75, 3.05) is 12.9 Å². The lowest BCUT2D eigenvalue weighted by Gasteiger charge is -2.39. The monoisotopic (exact) mass is 262 g/mol. The van der Waals surface area contributed by atoms with Crippen LogP contribution in [0.5, 0.6) is 0 Å². The lowest BCUT2D eigenvalue weighted by Crippen LogP contribution is -2.31. The topological polar surface area (TPSA) is 26.3 Å². The molecule has 0 unspecified atom stereocenters. The van der Waals surface area contributed by atoms with Gasteiger partial charge in [0, 0.05) is 17.7 Å². The molecule has 0 bridgehead atoms. The molecule has 0 radical (unpaired) electrons. The molecular formula is C15H18O2S. The summed E-state index contributed by atoms with van der Waals surface area (Å²) in [5.74, 6) is 0.515. The van der Waals surface area contributed by atoms with E-state index in [2.05, 4.69) is 37.1 Å². The number of carbonyl (C=O) groups is 1. The van der Waals surface area contributed by atoms with Gasteiger partial charge in [-0.15, -0.1) is 11.8 Å². The number of rotatable bonds is 4. The molecule has 0 aromatic heterocycles. The summed E-state index contributed by atoms with van der Waals surface area (Å²) in [4.78, 5) is 12.2. The van der Waals surface area contributed by atoms with E-state index in [4.69, 9.17) is 4.74 Å². The molecule has 0 amide bonds. The van der Waals surface area contributed by atoms with E-state index in [1.807, 2.05) is 0 Å². The zero-order valence-corrected chi connectivity index (χ0v) is 11.6. The smallest absolute Gasteiger partial charge is 0.302 e. The van der Waals surface area contributed by atoms with Crippen molar-refractivity contribution in [2.24, 2.45) is 5.92 Å². The fourth-order valence-corrected chi connectivity index (χ4v) is 2.83. The summed E-state index contributed by atoms with van der Waals surface area (Å²) in [6.45, 7) is 5.95. The Balaban J connectivity index is 2.08. The Morgan fingerprint density at radius 2 is 2.33 bits per heavy atom. The standard InChI is InChI=1S/C15H18O2S/c1-10-7-14(15(10)9-17-11(2)16)12-5-4-6-13(8-12)18-3/h4-6,8,14-15H,1,7,9H2,2-3H3/t14-,15+/m1/s1. The van der Waals surface area contributed by atoms with Crippen LogP contribution in [-0.4, -0.2) is 18.8 Å². The van der Waals surface area contributed by atoms with E-state index in [1.165, 1.54) is 23.0 Å². The molecule has 1 aromatic rings. The first-order valence-electron chi connectivity index (χ1n) is 6.06. The fourth-order valence-electron chi connectivity index (χ4n) is 2.36. The molecule has 1 aliphatic carbocycles. The Bertz CT molecular complexity index is 467. The molecule has 18 heavy (non-hydrogen) atoms. The van der Waals surface area contributed by atoms with E-state index in [1.54, 1.807) is 11.8 Å². The molecular weight excluding hydrogens is 244 g/mol. The predicted octanol–water partition coefficient (Wildman–Crippen LogP) is 3.63. The summed E-state index contributed by atoms with van der Waals surface area (Å²) >= 11 is 1.75. The molecule has 96 valence electrons. The van der Waals surface area contributed by atoms with Gasteiger partial charge in [-0.25, -0.2) is 0 Å². The molecule has 0 aliphatic heterocycles. The molecule has 1 fully saturated rings. The Kier molecular flexibility index (Phi) is 4.12. The normalized spacial score (nSPS) is 22.4. The van der Waals surface area contributed by atoms with E-state index in [-0.39, 0.29) is 11.9 Å². The number of esters is 1. The van der Waals surface area contributed by atoms with Gasteiger partial charge in [-0.05, 0) is 36.3 Å². The second-order valence-electron chi connectivity index (χ2n) is 4.65. The third-order valence-electron chi connectivity index (χ3n) is 3.48. The van der Waals surface area contributed by atoms with Crippen LogP contribution in [0.25, 0.3) is 0 Å². The molecule has 0 heterocycles. The van der Waals surface area contributed by atoms with E-state index in [0.29, 0.717) is 12.5 Å². The summed E-state index contributed by atoms with van der Waals surface area (Å²) in [6, 6.07) is 8.58. The van der Waals surface area contributed by atoms with Crippen LogP contribution in [0.4, 0.5) is 0 Å². The molecule has 0 saturated heterocycles. The van der Waals surface area contributed by atoms with Crippen molar-refractivity contribution in [3.05, 3.63) is 42.0 Å². The fraction of sp³-hybridized carbons (Fsp3) is 0.400. The van der Waals surface area contributed by atoms with Gasteiger partial charge < -0.3 is 4.74 Å². The van der Waals surface area contributed by atoms with Crippen molar-refractivity contribution in [1.82, 2.24) is 0 Å². The summed E-state index contributed by atoms with van der Waals surface area (Å²) in [7, 11) is 0. The van der Waals surface area contributed by atoms with Crippen molar-refractivity contribution in [3.8, 4) is 0 Å². The number of thioether (sulfide) groups is 1. The van der Waals surface area contributed by atoms with Gasteiger partial charge in [0.25, 0.3) is 0 Å². The van der Waals surface area contributed by atoms with E-state index < -0.39 is 0 Å². The first kappa shape index (κ1) is 13.2. The zero-order chi connectivity index (χ0) is 13.1. The Morgan fingerprint density at radius 1 is 1.56 bits per heavy atom. The first-order valence-corrected chi connectivity index (χ1v) is 7.29. The quantitative estimate of drug-likeness (QED) is 0.471. The van der Waals surface area contributed by atoms with E-state index in [0.717, 1.165) is 6.42 Å². The van der Waals surface area contributed by atoms with E-state index >= 15 is 0 Å². The lowest BCUT2D eigenvalue weighted by atomic mass is 9.67. The minimum atomic E-state index is -0.216. The second kappa shape index (κ2) is 5.61. The van der Waals surface area contributed by atoms with Crippen LogP contribution in [0, 0.1) is 5.92 Å². The Labute approximate surface area is 112 Å². The molecule has 2 nitrogen and oxygen atoms in total. The van der Waals surface area contributed by atoms with Crippen molar-refractivity contribution in [3.63, 3.8) is 0 Å². The summed E-state index contributed by atoms with van der Waals surface area (Å²) in [5.41, 5.74) is 2.52. The SMILES string of the molecule is C=C1C[C@H](c2cccc(SC)c2)[C@H]1COC(C)=O. The molecule has 0 spiro atoms. The zero-order valence-electron chi connectivity index (χ0n) is 10.8. The third-order valence-corrected chi connectivity index (χ3v) is 4.21. The molecule has 1 aromatic carbocycles. The highest BCUT2D eigenvalue weighted by Gasteiger charge is 2.36. The number of benzene rings is 1. The highest BCUT2D eigenvalue weighted by Crippen LogP contribution is 2.46. The molecule has 2 rings (SSSR count). The summed E-state index contributed by atoms with van der Waals surface area (Å²) in [5, 5.41) is 0. The first-order chi connectivity index (χ1) is 8.61. The number of carbonyl (C=O) groups excluding carboxylic acids is 1. The van der Waals surface area contributed by atoms with Gasteiger partial charge in [0.1, 0.15) is 0 Å². The van der Waals surface area contributed by atoms with Gasteiger partial charge in [0.05, 0.1) is 6.61 Å². The number of hydrogen-bond acceptors (Lipinski definition) is 3. The highest BCUT2D eigenvalue weighted by atomic mass is 32.2. The van der Waals surface area contributed by atoms with E-state index in [9.17, 15) is 4.79 Å². The third kappa shape index (κ3) is 2.78. The van der Waals surface area contributed by atoms with Gasteiger partial charge in [-0.2, -0.15) is 0 Å². The molecule has 1 aliphatic rings. The second-order valence-corrected chi connectivity index (χ2v) is 5.53. The molecule has 2 atom stereocenters. The maximum Gasteiger partial charge on any atom is 0.302 e. The van der Waals surface area contributed by atoms with Crippen LogP contribution in [0.1, 0.15) is 24.8 Å². The molecule has 0 N–H and O–H groups in total. The van der Waals surface area contributed by atoms with Crippen molar-refractivity contribution in [2.45, 2.75) is 24.2 Å². The number of hydrogen-bond donors (Lipinski definition) is 0. The van der Waals surface area contributed by atoms with Crippen molar-refractivity contribution >= 4 is 17.7 Å². The molecule has 1 saturated carbocycles. The highest BCUT2D eigenvalue weighted by molar-refractivity contribution is 7.98. The van der Waals surface area contributed by atoms with Crippen LogP contribution in [0.15, 0.2) is 41.3 Å². The van der Waals surface area contributed by atoms with Crippen molar-refractivity contribution < 1.29 is 9.53 Å². The van der Waals surface area contributed by atoms with Gasteiger partial charge in [-0.3, -0.25) is 4.79 Å². The van der Waals surface area contributed by atoms with Crippen LogP contribution in [0.2, 0.25) is 0 Å².